The lowest BCUT2D eigenvalue weighted by Crippen LogP contribution is -2.09. The quantitative estimate of drug-likeness (QED) is 0.665. The van der Waals surface area contributed by atoms with Gasteiger partial charge in [0, 0.05) is 6.42 Å². The summed E-state index contributed by atoms with van der Waals surface area (Å²) in [4.78, 5) is 17.8. The number of esters is 1. The van der Waals surface area contributed by atoms with Crippen molar-refractivity contribution in [2.75, 3.05) is 0 Å². The third-order valence-electron chi connectivity index (χ3n) is 1.30. The van der Waals surface area contributed by atoms with Gasteiger partial charge in [-0.2, -0.15) is 9.37 Å². The molecule has 0 saturated carbocycles. The Morgan fingerprint density at radius 2 is 2.46 bits per heavy atom. The van der Waals surface area contributed by atoms with Crippen LogP contribution < -0.4 is 4.74 Å². The summed E-state index contributed by atoms with van der Waals surface area (Å²) >= 11 is 0. The second-order valence-corrected chi connectivity index (χ2v) is 2.40. The minimum atomic E-state index is -0.730. The summed E-state index contributed by atoms with van der Waals surface area (Å²) < 4.78 is 17.4. The van der Waals surface area contributed by atoms with Crippen LogP contribution in [0.5, 0.6) is 5.88 Å². The van der Waals surface area contributed by atoms with Gasteiger partial charge in [-0.25, -0.2) is 4.98 Å². The van der Waals surface area contributed by atoms with Gasteiger partial charge in [-0.3, -0.25) is 4.79 Å². The molecule has 1 rings (SSSR count). The zero-order chi connectivity index (χ0) is 9.68. The number of nitrogens with zero attached hydrogens (tertiary/aromatic N) is 2. The molecule has 0 aliphatic carbocycles. The van der Waals surface area contributed by atoms with E-state index in [1.54, 1.807) is 0 Å². The molecule has 0 bridgehead atoms. The van der Waals surface area contributed by atoms with Crippen LogP contribution in [0.1, 0.15) is 19.8 Å². The largest absolute Gasteiger partial charge is 0.404 e. The van der Waals surface area contributed by atoms with E-state index in [0.717, 1.165) is 12.5 Å². The molecule has 0 atom stereocenters. The monoisotopic (exact) mass is 184 g/mol. The highest BCUT2D eigenvalue weighted by Crippen LogP contribution is 2.10. The van der Waals surface area contributed by atoms with Crippen LogP contribution in [-0.2, 0) is 4.79 Å². The maximum absolute atomic E-state index is 12.8. The van der Waals surface area contributed by atoms with Crippen LogP contribution in [0.4, 0.5) is 4.39 Å². The molecule has 0 N–H and O–H groups in total. The number of rotatable bonds is 3. The summed E-state index contributed by atoms with van der Waals surface area (Å²) in [6.45, 7) is 1.83. The number of carbonyl (C=O) groups is 1. The van der Waals surface area contributed by atoms with E-state index in [9.17, 15) is 9.18 Å². The Hall–Kier alpha value is -1.52. The van der Waals surface area contributed by atoms with Crippen molar-refractivity contribution in [2.45, 2.75) is 19.8 Å². The van der Waals surface area contributed by atoms with E-state index in [0.29, 0.717) is 6.42 Å². The molecule has 13 heavy (non-hydrogen) atoms. The van der Waals surface area contributed by atoms with Crippen LogP contribution in [0, 0.1) is 5.82 Å². The number of halogens is 1. The van der Waals surface area contributed by atoms with Gasteiger partial charge in [0.05, 0.1) is 6.20 Å². The number of ether oxygens (including phenoxy) is 1. The predicted molar refractivity (Wildman–Crippen MR) is 42.5 cm³/mol. The van der Waals surface area contributed by atoms with E-state index in [-0.39, 0.29) is 12.3 Å². The van der Waals surface area contributed by atoms with Crippen molar-refractivity contribution in [1.29, 1.82) is 0 Å². The fourth-order valence-electron chi connectivity index (χ4n) is 0.740. The maximum atomic E-state index is 12.8. The molecule has 1 aromatic heterocycles. The molecule has 5 heteroatoms. The average molecular weight is 184 g/mol. The lowest BCUT2D eigenvalue weighted by molar-refractivity contribution is -0.134. The predicted octanol–water partition coefficient (Wildman–Crippen LogP) is 1.32. The van der Waals surface area contributed by atoms with Gasteiger partial charge in [-0.05, 0) is 6.42 Å². The number of hydrogen-bond acceptors (Lipinski definition) is 4. The molecule has 0 radical (unpaired) electrons. The Morgan fingerprint density at radius 3 is 3.08 bits per heavy atom. The van der Waals surface area contributed by atoms with Crippen molar-refractivity contribution in [3.63, 3.8) is 0 Å². The third-order valence-corrected chi connectivity index (χ3v) is 1.30. The first kappa shape index (κ1) is 9.57. The van der Waals surface area contributed by atoms with E-state index in [4.69, 9.17) is 0 Å². The van der Waals surface area contributed by atoms with Crippen molar-refractivity contribution in [1.82, 2.24) is 9.97 Å². The highest BCUT2D eigenvalue weighted by molar-refractivity contribution is 5.71. The van der Waals surface area contributed by atoms with Gasteiger partial charge < -0.3 is 4.74 Å². The summed E-state index contributed by atoms with van der Waals surface area (Å²) in [5.74, 6) is -1.53. The normalized spacial score (nSPS) is 9.69. The molecular weight excluding hydrogens is 175 g/mol. The van der Waals surface area contributed by atoms with E-state index in [1.165, 1.54) is 0 Å². The standard InChI is InChI=1S/C8H9FN2O2/c1-2-3-7(12)13-8-6(9)4-10-5-11-8/h4-5H,2-3H2,1H3. The first-order chi connectivity index (χ1) is 6.24. The summed E-state index contributed by atoms with van der Waals surface area (Å²) in [5.41, 5.74) is 0. The van der Waals surface area contributed by atoms with Gasteiger partial charge in [-0.1, -0.05) is 6.92 Å². The Labute approximate surface area is 74.8 Å². The van der Waals surface area contributed by atoms with Crippen LogP contribution in [0.25, 0.3) is 0 Å². The third kappa shape index (κ3) is 2.77. The maximum Gasteiger partial charge on any atom is 0.312 e. The molecule has 0 aliphatic rings. The number of hydrogen-bond donors (Lipinski definition) is 0. The zero-order valence-corrected chi connectivity index (χ0v) is 7.16. The minimum absolute atomic E-state index is 0.253. The molecule has 0 fully saturated rings. The fourth-order valence-corrected chi connectivity index (χ4v) is 0.740. The molecule has 4 nitrogen and oxygen atoms in total. The van der Waals surface area contributed by atoms with Gasteiger partial charge in [0.2, 0.25) is 5.82 Å². The summed E-state index contributed by atoms with van der Waals surface area (Å²) in [6, 6.07) is 0. The van der Waals surface area contributed by atoms with E-state index >= 15 is 0 Å². The first-order valence-electron chi connectivity index (χ1n) is 3.90. The summed E-state index contributed by atoms with van der Waals surface area (Å²) in [6.07, 6.45) is 2.98. The smallest absolute Gasteiger partial charge is 0.312 e. The van der Waals surface area contributed by atoms with E-state index < -0.39 is 11.8 Å². The van der Waals surface area contributed by atoms with E-state index in [1.807, 2.05) is 6.92 Å². The molecular formula is C8H9FN2O2. The Balaban J connectivity index is 2.63. The second kappa shape index (κ2) is 4.49. The highest BCUT2D eigenvalue weighted by Gasteiger charge is 2.08. The topological polar surface area (TPSA) is 52.1 Å². The summed E-state index contributed by atoms with van der Waals surface area (Å²) in [5, 5.41) is 0. The lowest BCUT2D eigenvalue weighted by atomic mass is 10.3. The van der Waals surface area contributed by atoms with Gasteiger partial charge in [0.25, 0.3) is 5.88 Å². The van der Waals surface area contributed by atoms with Crippen LogP contribution in [-0.4, -0.2) is 15.9 Å². The Bertz CT molecular complexity index is 304. The average Bonchev–Trinajstić information content (AvgIpc) is 2.09. The molecule has 0 aromatic carbocycles. The van der Waals surface area contributed by atoms with Gasteiger partial charge in [0.1, 0.15) is 6.33 Å². The molecule has 70 valence electrons. The lowest BCUT2D eigenvalue weighted by Gasteiger charge is -2.01. The Kier molecular flexibility index (Phi) is 3.31. The Morgan fingerprint density at radius 1 is 1.69 bits per heavy atom. The zero-order valence-electron chi connectivity index (χ0n) is 7.16. The molecule has 0 spiro atoms. The number of aromatic nitrogens is 2. The second-order valence-electron chi connectivity index (χ2n) is 2.40. The van der Waals surface area contributed by atoms with Crippen molar-refractivity contribution in [3.8, 4) is 5.88 Å². The van der Waals surface area contributed by atoms with Crippen molar-refractivity contribution < 1.29 is 13.9 Å². The minimum Gasteiger partial charge on any atom is -0.404 e. The van der Waals surface area contributed by atoms with E-state index in [2.05, 4.69) is 14.7 Å². The van der Waals surface area contributed by atoms with Crippen molar-refractivity contribution in [3.05, 3.63) is 18.3 Å². The van der Waals surface area contributed by atoms with Gasteiger partial charge >= 0.3 is 5.97 Å². The van der Waals surface area contributed by atoms with Crippen LogP contribution in [0.3, 0.4) is 0 Å². The van der Waals surface area contributed by atoms with Crippen LogP contribution in [0.2, 0.25) is 0 Å². The van der Waals surface area contributed by atoms with Gasteiger partial charge in [-0.15, -0.1) is 0 Å². The fraction of sp³-hybridized carbons (Fsp3) is 0.375. The molecule has 1 aromatic rings. The molecule has 0 amide bonds. The SMILES string of the molecule is CCCC(=O)Oc1ncncc1F. The molecule has 0 aliphatic heterocycles. The molecule has 1 heterocycles. The number of carbonyl (C=O) groups excluding carboxylic acids is 1. The van der Waals surface area contributed by atoms with Crippen LogP contribution >= 0.6 is 0 Å². The van der Waals surface area contributed by atoms with Crippen molar-refractivity contribution in [2.24, 2.45) is 0 Å². The van der Waals surface area contributed by atoms with Gasteiger partial charge in [0.15, 0.2) is 0 Å². The van der Waals surface area contributed by atoms with Crippen LogP contribution in [0.15, 0.2) is 12.5 Å². The highest BCUT2D eigenvalue weighted by atomic mass is 19.1. The first-order valence-corrected chi connectivity index (χ1v) is 3.90. The summed E-state index contributed by atoms with van der Waals surface area (Å²) in [7, 11) is 0. The molecule has 0 unspecified atom stereocenters. The molecule has 0 saturated heterocycles. The van der Waals surface area contributed by atoms with Crippen molar-refractivity contribution >= 4 is 5.97 Å².